The molecule has 0 unspecified atom stereocenters. The molecule has 0 radical (unpaired) electrons. The van der Waals surface area contributed by atoms with Crippen molar-refractivity contribution in [3.8, 4) is 17.0 Å². The van der Waals surface area contributed by atoms with Crippen LogP contribution >= 0.6 is 0 Å². The van der Waals surface area contributed by atoms with E-state index < -0.39 is 11.9 Å². The molecule has 3 aromatic rings. The van der Waals surface area contributed by atoms with Crippen LogP contribution in [0.15, 0.2) is 54.6 Å². The fourth-order valence-corrected chi connectivity index (χ4v) is 4.13. The molecule has 0 aliphatic heterocycles. The smallest absolute Gasteiger partial charge is 0.333 e. The van der Waals surface area contributed by atoms with Crippen LogP contribution in [0.2, 0.25) is 0 Å². The van der Waals surface area contributed by atoms with Crippen LogP contribution in [0, 0.1) is 0 Å². The third kappa shape index (κ3) is 5.80. The number of benzene rings is 2. The Morgan fingerprint density at radius 2 is 1.82 bits per heavy atom. The Bertz CT molecular complexity index is 1130. The van der Waals surface area contributed by atoms with Gasteiger partial charge in [-0.15, -0.1) is 0 Å². The molecule has 0 atom stereocenters. The van der Waals surface area contributed by atoms with E-state index in [9.17, 15) is 9.59 Å². The van der Waals surface area contributed by atoms with Crippen LogP contribution in [0.25, 0.3) is 22.2 Å². The Kier molecular flexibility index (Phi) is 7.40. The minimum atomic E-state index is -0.396. The van der Waals surface area contributed by atoms with Gasteiger partial charge in [-0.1, -0.05) is 56.5 Å². The molecule has 1 aromatic heterocycles. The standard InChI is InChI=1S/C26H30N4O3/c1-2-15-33-20-12-8-9-18(16-20)24-17-22(21-13-6-7-14-23(21)28-24)25(31)29-30-26(32)27-19-10-4-3-5-11-19/h6-9,12-14,16-17,19H,2-5,10-11,15H2,1H3,(H,29,31)(H2,27,30,32). The molecule has 3 N–H and O–H groups in total. The molecular formula is C26H30N4O3. The number of amides is 3. The molecule has 1 aliphatic carbocycles. The molecule has 33 heavy (non-hydrogen) atoms. The highest BCUT2D eigenvalue weighted by Crippen LogP contribution is 2.27. The Morgan fingerprint density at radius 1 is 1.00 bits per heavy atom. The molecule has 4 rings (SSSR count). The highest BCUT2D eigenvalue weighted by Gasteiger charge is 2.18. The number of hydrogen-bond donors (Lipinski definition) is 3. The van der Waals surface area contributed by atoms with E-state index in [1.807, 2.05) is 48.5 Å². The molecule has 1 saturated carbocycles. The van der Waals surface area contributed by atoms with Gasteiger partial charge in [-0.3, -0.25) is 10.2 Å². The number of hydrazine groups is 1. The van der Waals surface area contributed by atoms with Crippen LogP contribution in [0.4, 0.5) is 4.79 Å². The number of hydrogen-bond acceptors (Lipinski definition) is 4. The number of urea groups is 1. The van der Waals surface area contributed by atoms with Gasteiger partial charge in [0.25, 0.3) is 5.91 Å². The first-order valence-corrected chi connectivity index (χ1v) is 11.6. The highest BCUT2D eigenvalue weighted by molar-refractivity contribution is 6.07. The predicted octanol–water partition coefficient (Wildman–Crippen LogP) is 4.97. The number of nitrogens with zero attached hydrogens (tertiary/aromatic N) is 1. The first-order valence-electron chi connectivity index (χ1n) is 11.6. The lowest BCUT2D eigenvalue weighted by Gasteiger charge is -2.22. The van der Waals surface area contributed by atoms with Gasteiger partial charge in [-0.2, -0.15) is 0 Å². The van der Waals surface area contributed by atoms with E-state index >= 15 is 0 Å². The second-order valence-electron chi connectivity index (χ2n) is 8.34. The molecule has 0 saturated heterocycles. The zero-order valence-electron chi connectivity index (χ0n) is 18.9. The van der Waals surface area contributed by atoms with E-state index in [4.69, 9.17) is 9.72 Å². The molecule has 1 aliphatic rings. The minimum Gasteiger partial charge on any atom is -0.494 e. The molecule has 0 bridgehead atoms. The maximum atomic E-state index is 13.0. The number of aromatic nitrogens is 1. The van der Waals surface area contributed by atoms with Gasteiger partial charge in [-0.05, 0) is 43.5 Å². The summed E-state index contributed by atoms with van der Waals surface area (Å²) in [4.78, 5) is 30.0. The lowest BCUT2D eigenvalue weighted by atomic mass is 9.96. The first kappa shape index (κ1) is 22.6. The van der Waals surface area contributed by atoms with E-state index in [2.05, 4.69) is 23.1 Å². The van der Waals surface area contributed by atoms with Gasteiger partial charge in [0.05, 0.1) is 23.4 Å². The van der Waals surface area contributed by atoms with E-state index in [0.29, 0.717) is 28.8 Å². The predicted molar refractivity (Wildman–Crippen MR) is 129 cm³/mol. The zero-order chi connectivity index (χ0) is 23.0. The lowest BCUT2D eigenvalue weighted by molar-refractivity contribution is 0.0937. The van der Waals surface area contributed by atoms with Crippen molar-refractivity contribution in [3.63, 3.8) is 0 Å². The number of rotatable bonds is 6. The average Bonchev–Trinajstić information content (AvgIpc) is 2.86. The highest BCUT2D eigenvalue weighted by atomic mass is 16.5. The number of fused-ring (bicyclic) bond motifs is 1. The molecule has 7 nitrogen and oxygen atoms in total. The van der Waals surface area contributed by atoms with Crippen LogP contribution < -0.4 is 20.9 Å². The maximum absolute atomic E-state index is 13.0. The summed E-state index contributed by atoms with van der Waals surface area (Å²) >= 11 is 0. The number of pyridine rings is 1. The van der Waals surface area contributed by atoms with Crippen molar-refractivity contribution in [1.82, 2.24) is 21.2 Å². The topological polar surface area (TPSA) is 92.4 Å². The van der Waals surface area contributed by atoms with Crippen molar-refractivity contribution < 1.29 is 14.3 Å². The van der Waals surface area contributed by atoms with Crippen LogP contribution in [0.1, 0.15) is 55.8 Å². The third-order valence-electron chi connectivity index (χ3n) is 5.79. The number of ether oxygens (including phenoxy) is 1. The quantitative estimate of drug-likeness (QED) is 0.466. The van der Waals surface area contributed by atoms with Gasteiger partial charge < -0.3 is 10.1 Å². The Balaban J connectivity index is 1.54. The van der Waals surface area contributed by atoms with Crippen molar-refractivity contribution in [3.05, 3.63) is 60.2 Å². The van der Waals surface area contributed by atoms with E-state index in [1.54, 1.807) is 6.07 Å². The molecule has 7 heteroatoms. The average molecular weight is 447 g/mol. The molecule has 0 spiro atoms. The van der Waals surface area contributed by atoms with Gasteiger partial charge in [0, 0.05) is 17.0 Å². The zero-order valence-corrected chi connectivity index (χ0v) is 18.9. The number of carbonyl (C=O) groups excluding carboxylic acids is 2. The third-order valence-corrected chi connectivity index (χ3v) is 5.79. The van der Waals surface area contributed by atoms with E-state index in [0.717, 1.165) is 43.4 Å². The largest absolute Gasteiger partial charge is 0.494 e. The second-order valence-corrected chi connectivity index (χ2v) is 8.34. The summed E-state index contributed by atoms with van der Waals surface area (Å²) in [6.45, 7) is 2.69. The molecule has 3 amide bonds. The van der Waals surface area contributed by atoms with Crippen molar-refractivity contribution >= 4 is 22.8 Å². The second kappa shape index (κ2) is 10.8. The summed E-state index contributed by atoms with van der Waals surface area (Å²) in [5.74, 6) is 0.364. The summed E-state index contributed by atoms with van der Waals surface area (Å²) in [5.41, 5.74) is 7.69. The van der Waals surface area contributed by atoms with Crippen LogP contribution in [0.3, 0.4) is 0 Å². The fraction of sp³-hybridized carbons (Fsp3) is 0.346. The molecule has 1 fully saturated rings. The van der Waals surface area contributed by atoms with Gasteiger partial charge >= 0.3 is 6.03 Å². The normalized spacial score (nSPS) is 14.0. The Hall–Kier alpha value is -3.61. The minimum absolute atomic E-state index is 0.159. The van der Waals surface area contributed by atoms with E-state index in [-0.39, 0.29) is 6.04 Å². The van der Waals surface area contributed by atoms with Crippen molar-refractivity contribution in [2.75, 3.05) is 6.61 Å². The van der Waals surface area contributed by atoms with Gasteiger partial charge in [0.15, 0.2) is 0 Å². The summed E-state index contributed by atoms with van der Waals surface area (Å²) in [6.07, 6.45) is 6.31. The van der Waals surface area contributed by atoms with Crippen LogP contribution in [0.5, 0.6) is 5.75 Å². The fourth-order valence-electron chi connectivity index (χ4n) is 4.13. The lowest BCUT2D eigenvalue weighted by Crippen LogP contribution is -2.50. The number of carbonyl (C=O) groups is 2. The number of nitrogens with one attached hydrogen (secondary N) is 3. The van der Waals surface area contributed by atoms with Gasteiger partial charge in [0.2, 0.25) is 0 Å². The summed E-state index contributed by atoms with van der Waals surface area (Å²) in [6, 6.07) is 16.7. The SMILES string of the molecule is CCCOc1cccc(-c2cc(C(=O)NNC(=O)NC3CCCCC3)c3ccccc3n2)c1. The molecule has 2 aromatic carbocycles. The van der Waals surface area contributed by atoms with Crippen molar-refractivity contribution in [1.29, 1.82) is 0 Å². The van der Waals surface area contributed by atoms with Crippen LogP contribution in [-0.4, -0.2) is 29.6 Å². The van der Waals surface area contributed by atoms with Crippen molar-refractivity contribution in [2.45, 2.75) is 51.5 Å². The molecular weight excluding hydrogens is 416 g/mol. The first-order chi connectivity index (χ1) is 16.1. The van der Waals surface area contributed by atoms with Gasteiger partial charge in [0.1, 0.15) is 5.75 Å². The van der Waals surface area contributed by atoms with Gasteiger partial charge in [-0.25, -0.2) is 15.2 Å². The van der Waals surface area contributed by atoms with E-state index in [1.165, 1.54) is 6.42 Å². The summed E-state index contributed by atoms with van der Waals surface area (Å²) in [7, 11) is 0. The Labute approximate surface area is 193 Å². The molecule has 172 valence electrons. The van der Waals surface area contributed by atoms with Crippen LogP contribution in [-0.2, 0) is 0 Å². The summed E-state index contributed by atoms with van der Waals surface area (Å²) in [5, 5.41) is 3.65. The van der Waals surface area contributed by atoms with Crippen molar-refractivity contribution in [2.24, 2.45) is 0 Å². The molecule has 1 heterocycles. The Morgan fingerprint density at radius 3 is 2.64 bits per heavy atom. The summed E-state index contributed by atoms with van der Waals surface area (Å²) < 4.78 is 5.75. The monoisotopic (exact) mass is 446 g/mol. The maximum Gasteiger partial charge on any atom is 0.333 e. The number of para-hydroxylation sites is 1.